The van der Waals surface area contributed by atoms with Gasteiger partial charge in [-0.2, -0.15) is 0 Å². The molecule has 4 nitrogen and oxygen atoms in total. The van der Waals surface area contributed by atoms with E-state index in [1.165, 1.54) is 0 Å². The Morgan fingerprint density at radius 3 is 0.800 bits per heavy atom. The lowest BCUT2D eigenvalue weighted by atomic mass is 10.1. The molecule has 0 fully saturated rings. The van der Waals surface area contributed by atoms with E-state index in [2.05, 4.69) is 0 Å². The topological polar surface area (TPSA) is 80.9 Å². The zero-order chi connectivity index (χ0) is 25.9. The number of hydrogen-bond acceptors (Lipinski definition) is 4. The molecule has 0 aromatic heterocycles. The smallest absolute Gasteiger partial charge is 0.0761 e. The summed E-state index contributed by atoms with van der Waals surface area (Å²) in [5.74, 6) is 0. The van der Waals surface area contributed by atoms with Crippen molar-refractivity contribution in [3.63, 3.8) is 0 Å². The van der Waals surface area contributed by atoms with Crippen LogP contribution in [0.5, 0.6) is 0 Å². The first-order valence-electron chi connectivity index (χ1n) is 11.7. The molecule has 0 heterocycles. The van der Waals surface area contributed by atoms with Gasteiger partial charge in [0.1, 0.15) is 0 Å². The summed E-state index contributed by atoms with van der Waals surface area (Å²) in [6.45, 7) is 5.42. The second-order valence-electron chi connectivity index (χ2n) is 7.90. The van der Waals surface area contributed by atoms with Crippen LogP contribution < -0.4 is 0 Å². The Morgan fingerprint density at radius 1 is 0.429 bits per heavy atom. The number of hydrogen-bond donors (Lipinski definition) is 4. The first-order chi connectivity index (χ1) is 16.8. The number of aliphatic hydroxyl groups is 4. The van der Waals surface area contributed by atoms with Gasteiger partial charge in [-0.15, -0.1) is 0 Å². The normalized spacial score (nSPS) is 12.2. The van der Waals surface area contributed by atoms with Crippen LogP contribution in [0, 0.1) is 0 Å². The van der Waals surface area contributed by atoms with E-state index in [4.69, 9.17) is 20.4 Å². The van der Waals surface area contributed by atoms with Crippen molar-refractivity contribution in [2.45, 2.75) is 45.7 Å². The van der Waals surface area contributed by atoms with E-state index in [0.29, 0.717) is 0 Å². The molecule has 0 bridgehead atoms. The molecule has 0 amide bonds. The van der Waals surface area contributed by atoms with Gasteiger partial charge in [0.15, 0.2) is 0 Å². The van der Waals surface area contributed by atoms with E-state index in [1.807, 2.05) is 121 Å². The molecule has 3 unspecified atom stereocenters. The van der Waals surface area contributed by atoms with Crippen molar-refractivity contribution in [2.75, 3.05) is 0 Å². The van der Waals surface area contributed by atoms with Gasteiger partial charge in [0.2, 0.25) is 0 Å². The Hall–Kier alpha value is -3.28. The van der Waals surface area contributed by atoms with Crippen LogP contribution in [-0.2, 0) is 6.61 Å². The van der Waals surface area contributed by atoms with Crippen molar-refractivity contribution in [3.05, 3.63) is 144 Å². The lowest BCUT2D eigenvalue weighted by Crippen LogP contribution is -1.87. The Kier molecular flexibility index (Phi) is 15.4. The van der Waals surface area contributed by atoms with Crippen LogP contribution >= 0.6 is 0 Å². The van der Waals surface area contributed by atoms with E-state index < -0.39 is 0 Å². The standard InChI is InChI=1S/3C8H10O.C7H8O/c3*1-7(9)8-5-3-2-4-6-8;8-6-7-4-2-1-3-5-7/h3*2-7,9H,1H3;1-5,8H,6H2. The van der Waals surface area contributed by atoms with Crippen molar-refractivity contribution in [1.82, 2.24) is 0 Å². The first-order valence-corrected chi connectivity index (χ1v) is 11.7. The third-order valence-corrected chi connectivity index (χ3v) is 4.87. The summed E-state index contributed by atoms with van der Waals surface area (Å²) in [5.41, 5.74) is 3.88. The maximum Gasteiger partial charge on any atom is 0.0761 e. The van der Waals surface area contributed by atoms with Gasteiger partial charge >= 0.3 is 0 Å². The van der Waals surface area contributed by atoms with E-state index in [9.17, 15) is 0 Å². The van der Waals surface area contributed by atoms with Crippen LogP contribution in [0.4, 0.5) is 0 Å². The molecular weight excluding hydrogens is 436 g/mol. The summed E-state index contributed by atoms with van der Waals surface area (Å²) in [6.07, 6.45) is -1.02. The van der Waals surface area contributed by atoms with Crippen LogP contribution in [-0.4, -0.2) is 20.4 Å². The molecule has 35 heavy (non-hydrogen) atoms. The van der Waals surface area contributed by atoms with Gasteiger partial charge in [-0.1, -0.05) is 121 Å². The summed E-state index contributed by atoms with van der Waals surface area (Å²) in [5, 5.41) is 35.6. The Bertz CT molecular complexity index is 884. The zero-order valence-electron chi connectivity index (χ0n) is 20.8. The fourth-order valence-corrected chi connectivity index (χ4v) is 2.78. The molecule has 0 aliphatic carbocycles. The Morgan fingerprint density at radius 2 is 0.657 bits per heavy atom. The average molecular weight is 475 g/mol. The zero-order valence-corrected chi connectivity index (χ0v) is 20.8. The van der Waals surface area contributed by atoms with Crippen molar-refractivity contribution in [1.29, 1.82) is 0 Å². The summed E-state index contributed by atoms with van der Waals surface area (Å²) in [7, 11) is 0. The highest BCUT2D eigenvalue weighted by Gasteiger charge is 1.96. The van der Waals surface area contributed by atoms with Gasteiger partial charge in [-0.3, -0.25) is 0 Å². The van der Waals surface area contributed by atoms with Crippen molar-refractivity contribution >= 4 is 0 Å². The van der Waals surface area contributed by atoms with Crippen LogP contribution in [0.2, 0.25) is 0 Å². The minimum atomic E-state index is -0.341. The Balaban J connectivity index is 0.000000234. The molecule has 0 saturated carbocycles. The highest BCUT2D eigenvalue weighted by molar-refractivity contribution is 5.17. The largest absolute Gasteiger partial charge is 0.392 e. The highest BCUT2D eigenvalue weighted by atomic mass is 16.3. The second-order valence-corrected chi connectivity index (χ2v) is 7.90. The molecule has 4 aromatic rings. The van der Waals surface area contributed by atoms with E-state index in [1.54, 1.807) is 20.8 Å². The van der Waals surface area contributed by atoms with Crippen LogP contribution in [0.3, 0.4) is 0 Å². The Labute approximate surface area is 209 Å². The molecule has 4 N–H and O–H groups in total. The molecule has 4 heteroatoms. The van der Waals surface area contributed by atoms with Gasteiger partial charge in [0, 0.05) is 0 Å². The van der Waals surface area contributed by atoms with Crippen LogP contribution in [0.1, 0.15) is 61.3 Å². The molecule has 0 aliphatic rings. The van der Waals surface area contributed by atoms with Gasteiger partial charge in [-0.05, 0) is 43.0 Å². The molecule has 0 radical (unpaired) electrons. The molecule has 3 atom stereocenters. The van der Waals surface area contributed by atoms with E-state index in [0.717, 1.165) is 22.3 Å². The maximum atomic E-state index is 9.02. The van der Waals surface area contributed by atoms with Crippen molar-refractivity contribution < 1.29 is 20.4 Å². The van der Waals surface area contributed by atoms with Gasteiger partial charge < -0.3 is 20.4 Å². The predicted octanol–water partition coefficient (Wildman–Crippen LogP) is 6.40. The minimum absolute atomic E-state index is 0.140. The molecule has 0 aliphatic heterocycles. The maximum absolute atomic E-state index is 9.02. The van der Waals surface area contributed by atoms with Gasteiger partial charge in [0.25, 0.3) is 0 Å². The molecular formula is C31H38O4. The number of aliphatic hydroxyl groups excluding tert-OH is 4. The third kappa shape index (κ3) is 13.9. The summed E-state index contributed by atoms with van der Waals surface area (Å²) in [4.78, 5) is 0. The summed E-state index contributed by atoms with van der Waals surface area (Å²) in [6, 6.07) is 38.3. The molecule has 0 saturated heterocycles. The first kappa shape index (κ1) is 29.8. The summed E-state index contributed by atoms with van der Waals surface area (Å²) >= 11 is 0. The van der Waals surface area contributed by atoms with Crippen molar-refractivity contribution in [2.24, 2.45) is 0 Å². The SMILES string of the molecule is CC(O)c1ccccc1.CC(O)c1ccccc1.CC(O)c1ccccc1.OCc1ccccc1. The minimum Gasteiger partial charge on any atom is -0.392 e. The second kappa shape index (κ2) is 18.1. The van der Waals surface area contributed by atoms with Gasteiger partial charge in [0.05, 0.1) is 24.9 Å². The molecule has 186 valence electrons. The average Bonchev–Trinajstić information content (AvgIpc) is 2.91. The van der Waals surface area contributed by atoms with E-state index in [-0.39, 0.29) is 24.9 Å². The van der Waals surface area contributed by atoms with Crippen molar-refractivity contribution in [3.8, 4) is 0 Å². The fraction of sp³-hybridized carbons (Fsp3) is 0.226. The monoisotopic (exact) mass is 474 g/mol. The van der Waals surface area contributed by atoms with Gasteiger partial charge in [-0.25, -0.2) is 0 Å². The predicted molar refractivity (Wildman–Crippen MR) is 144 cm³/mol. The lowest BCUT2D eigenvalue weighted by molar-refractivity contribution is 0.199. The third-order valence-electron chi connectivity index (χ3n) is 4.87. The molecule has 0 spiro atoms. The quantitative estimate of drug-likeness (QED) is 0.276. The fourth-order valence-electron chi connectivity index (χ4n) is 2.78. The highest BCUT2D eigenvalue weighted by Crippen LogP contribution is 2.10. The summed E-state index contributed by atoms with van der Waals surface area (Å²) < 4.78 is 0. The number of rotatable bonds is 4. The number of benzene rings is 4. The van der Waals surface area contributed by atoms with Crippen LogP contribution in [0.15, 0.2) is 121 Å². The molecule has 4 rings (SSSR count). The lowest BCUT2D eigenvalue weighted by Gasteiger charge is -2.00. The molecule has 4 aromatic carbocycles. The van der Waals surface area contributed by atoms with Crippen LogP contribution in [0.25, 0.3) is 0 Å². The van der Waals surface area contributed by atoms with E-state index >= 15 is 0 Å².